The van der Waals surface area contributed by atoms with Gasteiger partial charge in [-0.05, 0) is 23.8 Å². The van der Waals surface area contributed by atoms with Crippen LogP contribution in [0.1, 0.15) is 17.3 Å². The largest absolute Gasteiger partial charge is 0.545 e. The lowest BCUT2D eigenvalue weighted by atomic mass is 9.90. The lowest BCUT2D eigenvalue weighted by Gasteiger charge is -2.39. The molecule has 7 nitrogen and oxygen atoms in total. The third-order valence-electron chi connectivity index (χ3n) is 7.32. The van der Waals surface area contributed by atoms with E-state index in [1.165, 1.54) is 7.11 Å². The maximum atomic E-state index is 12.0. The molecule has 7 heteroatoms. The Balaban J connectivity index is 1.55. The highest BCUT2D eigenvalue weighted by Gasteiger charge is 2.34. The van der Waals surface area contributed by atoms with Gasteiger partial charge in [0.2, 0.25) is 5.36 Å². The van der Waals surface area contributed by atoms with Crippen molar-refractivity contribution in [2.45, 2.75) is 6.92 Å². The molecule has 36 heavy (non-hydrogen) atoms. The Morgan fingerprint density at radius 3 is 2.53 bits per heavy atom. The van der Waals surface area contributed by atoms with Gasteiger partial charge in [0.15, 0.2) is 13.1 Å². The molecular weight excluding hydrogens is 456 g/mol. The van der Waals surface area contributed by atoms with Gasteiger partial charge in [-0.3, -0.25) is 4.79 Å². The summed E-state index contributed by atoms with van der Waals surface area (Å²) in [5.74, 6) is -0.198. The SMILES string of the molecule is COC(=O)C1CN(c2ccc3c(-c4ccccc4C(=O)[O-])c4ccc(=[N+]5CC(C)C5)cc-4oc3c2)C1. The Morgan fingerprint density at radius 1 is 1.03 bits per heavy atom. The summed E-state index contributed by atoms with van der Waals surface area (Å²) in [6.07, 6.45) is 0. The van der Waals surface area contributed by atoms with Gasteiger partial charge < -0.3 is 24.0 Å². The first-order chi connectivity index (χ1) is 17.4. The van der Waals surface area contributed by atoms with Gasteiger partial charge in [-0.25, -0.2) is 4.58 Å². The number of esters is 1. The molecule has 0 aromatic heterocycles. The second-order valence-corrected chi connectivity index (χ2v) is 9.81. The summed E-state index contributed by atoms with van der Waals surface area (Å²) in [6.45, 7) is 5.40. The number of ether oxygens (including phenoxy) is 1. The Hall–Kier alpha value is -4.13. The third-order valence-corrected chi connectivity index (χ3v) is 7.32. The fraction of sp³-hybridized carbons (Fsp3) is 0.276. The highest BCUT2D eigenvalue weighted by Crippen LogP contribution is 2.42. The predicted molar refractivity (Wildman–Crippen MR) is 134 cm³/mol. The van der Waals surface area contributed by atoms with Crippen LogP contribution in [-0.2, 0) is 9.53 Å². The second-order valence-electron chi connectivity index (χ2n) is 9.81. The van der Waals surface area contributed by atoms with Crippen molar-refractivity contribution in [3.63, 3.8) is 0 Å². The van der Waals surface area contributed by atoms with Gasteiger partial charge in [0, 0.05) is 53.0 Å². The van der Waals surface area contributed by atoms with E-state index in [0.717, 1.165) is 40.6 Å². The van der Waals surface area contributed by atoms with Crippen LogP contribution in [0.15, 0.2) is 65.1 Å². The van der Waals surface area contributed by atoms with Crippen molar-refractivity contribution >= 4 is 28.6 Å². The molecule has 3 aliphatic heterocycles. The Morgan fingerprint density at radius 2 is 1.81 bits per heavy atom. The predicted octanol–water partition coefficient (Wildman–Crippen LogP) is 2.60. The van der Waals surface area contributed by atoms with Gasteiger partial charge in [0.05, 0.1) is 31.0 Å². The minimum absolute atomic E-state index is 0.133. The van der Waals surface area contributed by atoms with E-state index in [0.29, 0.717) is 35.9 Å². The number of fused-ring (bicyclic) bond motifs is 2. The molecule has 0 N–H and O–H groups in total. The molecule has 0 atom stereocenters. The molecule has 0 radical (unpaired) electrons. The normalized spacial score (nSPS) is 17.7. The summed E-state index contributed by atoms with van der Waals surface area (Å²) in [5, 5.41) is 13.9. The number of hydrogen-bond donors (Lipinski definition) is 0. The van der Waals surface area contributed by atoms with Crippen LogP contribution in [-0.4, -0.2) is 45.2 Å². The molecule has 0 saturated carbocycles. The van der Waals surface area contributed by atoms with Crippen LogP contribution in [0.5, 0.6) is 0 Å². The van der Waals surface area contributed by atoms with Gasteiger partial charge in [0.1, 0.15) is 11.3 Å². The number of carboxylic acids is 1. The van der Waals surface area contributed by atoms with Crippen molar-refractivity contribution < 1.29 is 23.8 Å². The molecule has 182 valence electrons. The summed E-state index contributed by atoms with van der Waals surface area (Å²) in [7, 11) is 1.41. The average molecular weight is 483 g/mol. The molecule has 2 fully saturated rings. The van der Waals surface area contributed by atoms with Crippen molar-refractivity contribution in [1.29, 1.82) is 0 Å². The Labute approximate surface area is 208 Å². The number of carbonyl (C=O) groups excluding carboxylic acids is 2. The molecule has 0 spiro atoms. The maximum absolute atomic E-state index is 12.0. The van der Waals surface area contributed by atoms with Gasteiger partial charge in [0.25, 0.3) is 0 Å². The first-order valence-corrected chi connectivity index (χ1v) is 12.1. The maximum Gasteiger partial charge on any atom is 0.312 e. The highest BCUT2D eigenvalue weighted by molar-refractivity contribution is 6.07. The monoisotopic (exact) mass is 482 g/mol. The average Bonchev–Trinajstić information content (AvgIpc) is 2.83. The number of aromatic carboxylic acids is 1. The molecule has 0 unspecified atom stereocenters. The van der Waals surface area contributed by atoms with Gasteiger partial charge in [-0.1, -0.05) is 31.2 Å². The first kappa shape index (κ1) is 22.3. The van der Waals surface area contributed by atoms with Crippen LogP contribution < -0.4 is 19.9 Å². The fourth-order valence-electron chi connectivity index (χ4n) is 5.35. The van der Waals surface area contributed by atoms with Crippen molar-refractivity contribution in [1.82, 2.24) is 4.58 Å². The lowest BCUT2D eigenvalue weighted by molar-refractivity contribution is -0.254. The molecule has 2 aromatic rings. The van der Waals surface area contributed by atoms with E-state index in [1.807, 2.05) is 42.5 Å². The minimum Gasteiger partial charge on any atom is -0.545 e. The number of carboxylic acid groups (broad SMARTS) is 1. The number of hydrogen-bond acceptors (Lipinski definition) is 6. The van der Waals surface area contributed by atoms with E-state index in [4.69, 9.17) is 9.15 Å². The summed E-state index contributed by atoms with van der Waals surface area (Å²) < 4.78 is 13.6. The standard InChI is InChI=1S/C29H26N2O5/c1-17-13-30(14-17)19-7-9-23-25(11-19)36-26-12-20(31-15-18(16-31)29(34)35-2)8-10-24(26)27(23)21-5-3-4-6-22(21)28(32)33/h3-12,17-18H,13-16H2,1-2H3. The Bertz CT molecular complexity index is 1560. The van der Waals surface area contributed by atoms with Crippen molar-refractivity contribution in [2.75, 3.05) is 38.2 Å². The summed E-state index contributed by atoms with van der Waals surface area (Å²) in [6, 6.07) is 19.0. The van der Waals surface area contributed by atoms with Gasteiger partial charge in [-0.15, -0.1) is 0 Å². The number of nitrogens with zero attached hydrogens (tertiary/aromatic N) is 2. The van der Waals surface area contributed by atoms with Crippen LogP contribution >= 0.6 is 0 Å². The van der Waals surface area contributed by atoms with E-state index < -0.39 is 5.97 Å². The zero-order chi connectivity index (χ0) is 25.0. The van der Waals surface area contributed by atoms with E-state index in [-0.39, 0.29) is 17.5 Å². The molecular formula is C29H26N2O5. The lowest BCUT2D eigenvalue weighted by Crippen LogP contribution is -2.50. The third kappa shape index (κ3) is 3.63. The summed E-state index contributed by atoms with van der Waals surface area (Å²) >= 11 is 0. The van der Waals surface area contributed by atoms with Crippen molar-refractivity contribution in [3.8, 4) is 22.5 Å². The highest BCUT2D eigenvalue weighted by atomic mass is 16.5. The quantitative estimate of drug-likeness (QED) is 0.253. The Kier molecular flexibility index (Phi) is 5.29. The van der Waals surface area contributed by atoms with E-state index >= 15 is 0 Å². The number of methoxy groups -OCH3 is 1. The zero-order valence-electron chi connectivity index (χ0n) is 20.2. The fourth-order valence-corrected chi connectivity index (χ4v) is 5.35. The number of rotatable bonds is 4. The minimum atomic E-state index is -1.22. The number of carbonyl (C=O) groups is 2. The van der Waals surface area contributed by atoms with Gasteiger partial charge in [-0.2, -0.15) is 0 Å². The van der Waals surface area contributed by atoms with Crippen LogP contribution in [0.4, 0.5) is 5.69 Å². The first-order valence-electron chi connectivity index (χ1n) is 12.1. The summed E-state index contributed by atoms with van der Waals surface area (Å²) in [4.78, 5) is 25.9. The zero-order valence-corrected chi connectivity index (χ0v) is 20.2. The molecule has 2 aromatic carbocycles. The number of anilines is 1. The van der Waals surface area contributed by atoms with E-state index in [1.54, 1.807) is 12.1 Å². The van der Waals surface area contributed by atoms with Crippen molar-refractivity contribution in [3.05, 3.63) is 71.6 Å². The smallest absolute Gasteiger partial charge is 0.312 e. The molecule has 4 aliphatic rings. The number of benzene rings is 3. The van der Waals surface area contributed by atoms with Crippen LogP contribution in [0.2, 0.25) is 0 Å². The van der Waals surface area contributed by atoms with Crippen LogP contribution in [0, 0.1) is 11.8 Å². The topological polar surface area (TPSA) is 85.8 Å². The molecule has 1 aliphatic carbocycles. The van der Waals surface area contributed by atoms with Gasteiger partial charge >= 0.3 is 5.97 Å². The molecule has 3 heterocycles. The molecule has 0 bridgehead atoms. The summed E-state index contributed by atoms with van der Waals surface area (Å²) in [5.41, 5.74) is 3.97. The molecule has 2 saturated heterocycles. The molecule has 0 amide bonds. The van der Waals surface area contributed by atoms with Crippen molar-refractivity contribution in [2.24, 2.45) is 11.8 Å². The molecule has 6 rings (SSSR count). The van der Waals surface area contributed by atoms with E-state index in [9.17, 15) is 14.7 Å². The van der Waals surface area contributed by atoms with Crippen LogP contribution in [0.3, 0.4) is 0 Å². The second kappa shape index (κ2) is 8.52. The van der Waals surface area contributed by atoms with Crippen LogP contribution in [0.25, 0.3) is 33.4 Å². The van der Waals surface area contributed by atoms with E-state index in [2.05, 4.69) is 22.5 Å².